The number of aromatic nitrogens is 2. The predicted molar refractivity (Wildman–Crippen MR) is 62.4 cm³/mol. The lowest BCUT2D eigenvalue weighted by atomic mass is 10.3. The SMILES string of the molecule is COc1c(NN)ncnc1N(C)CC1CC1. The van der Waals surface area contributed by atoms with E-state index < -0.39 is 0 Å². The summed E-state index contributed by atoms with van der Waals surface area (Å²) in [7, 11) is 3.59. The van der Waals surface area contributed by atoms with Crippen LogP contribution in [0.3, 0.4) is 0 Å². The lowest BCUT2D eigenvalue weighted by Gasteiger charge is -2.20. The van der Waals surface area contributed by atoms with Crippen LogP contribution in [0.15, 0.2) is 6.33 Å². The zero-order valence-electron chi connectivity index (χ0n) is 9.60. The molecule has 1 aromatic heterocycles. The maximum Gasteiger partial charge on any atom is 0.205 e. The van der Waals surface area contributed by atoms with Crippen molar-refractivity contribution in [2.24, 2.45) is 11.8 Å². The summed E-state index contributed by atoms with van der Waals surface area (Å²) in [5, 5.41) is 0. The molecule has 0 saturated heterocycles. The van der Waals surface area contributed by atoms with Gasteiger partial charge in [0.25, 0.3) is 0 Å². The second-order valence-electron chi connectivity index (χ2n) is 4.05. The first-order valence-electron chi connectivity index (χ1n) is 5.33. The third kappa shape index (κ3) is 2.16. The zero-order chi connectivity index (χ0) is 11.5. The molecule has 6 nitrogen and oxygen atoms in total. The van der Waals surface area contributed by atoms with Crippen molar-refractivity contribution < 1.29 is 4.74 Å². The largest absolute Gasteiger partial charge is 0.490 e. The van der Waals surface area contributed by atoms with Gasteiger partial charge in [-0.3, -0.25) is 0 Å². The summed E-state index contributed by atoms with van der Waals surface area (Å²) in [6, 6.07) is 0. The molecule has 0 radical (unpaired) electrons. The fourth-order valence-corrected chi connectivity index (χ4v) is 1.70. The molecule has 0 atom stereocenters. The summed E-state index contributed by atoms with van der Waals surface area (Å²) in [4.78, 5) is 10.3. The van der Waals surface area contributed by atoms with Gasteiger partial charge in [-0.1, -0.05) is 0 Å². The van der Waals surface area contributed by atoms with Gasteiger partial charge in [-0.2, -0.15) is 0 Å². The Bertz CT molecular complexity index is 366. The fourth-order valence-electron chi connectivity index (χ4n) is 1.70. The van der Waals surface area contributed by atoms with Crippen molar-refractivity contribution in [2.75, 3.05) is 31.0 Å². The summed E-state index contributed by atoms with van der Waals surface area (Å²) in [5.74, 6) is 8.04. The molecule has 88 valence electrons. The van der Waals surface area contributed by atoms with Crippen LogP contribution in [0.5, 0.6) is 5.75 Å². The highest BCUT2D eigenvalue weighted by Gasteiger charge is 2.25. The molecule has 0 unspecified atom stereocenters. The number of methoxy groups -OCH3 is 1. The lowest BCUT2D eigenvalue weighted by molar-refractivity contribution is 0.412. The van der Waals surface area contributed by atoms with E-state index in [1.807, 2.05) is 7.05 Å². The Labute approximate surface area is 94.8 Å². The summed E-state index contributed by atoms with van der Waals surface area (Å²) in [6.07, 6.45) is 4.09. The second kappa shape index (κ2) is 4.52. The zero-order valence-corrected chi connectivity index (χ0v) is 9.60. The van der Waals surface area contributed by atoms with Crippen LogP contribution in [-0.2, 0) is 0 Å². The molecule has 0 amide bonds. The van der Waals surface area contributed by atoms with E-state index in [0.717, 1.165) is 18.3 Å². The van der Waals surface area contributed by atoms with Crippen LogP contribution < -0.4 is 20.9 Å². The number of hydrazine groups is 1. The monoisotopic (exact) mass is 223 g/mol. The third-order valence-corrected chi connectivity index (χ3v) is 2.72. The lowest BCUT2D eigenvalue weighted by Crippen LogP contribution is -2.23. The van der Waals surface area contributed by atoms with Crippen molar-refractivity contribution in [3.05, 3.63) is 6.33 Å². The molecule has 1 aliphatic rings. The van der Waals surface area contributed by atoms with Crippen molar-refractivity contribution in [3.8, 4) is 5.75 Å². The van der Waals surface area contributed by atoms with Gasteiger partial charge < -0.3 is 15.1 Å². The normalized spacial score (nSPS) is 14.7. The molecule has 6 heteroatoms. The Morgan fingerprint density at radius 2 is 2.31 bits per heavy atom. The van der Waals surface area contributed by atoms with Gasteiger partial charge >= 0.3 is 0 Å². The highest BCUT2D eigenvalue weighted by Crippen LogP contribution is 2.34. The number of ether oxygens (including phenoxy) is 1. The minimum absolute atomic E-state index is 0.509. The molecule has 2 rings (SSSR count). The summed E-state index contributed by atoms with van der Waals surface area (Å²) < 4.78 is 5.28. The molecule has 1 saturated carbocycles. The molecule has 0 bridgehead atoms. The third-order valence-electron chi connectivity index (χ3n) is 2.72. The molecule has 1 aliphatic carbocycles. The van der Waals surface area contributed by atoms with Gasteiger partial charge in [0, 0.05) is 13.6 Å². The molecule has 1 fully saturated rings. The van der Waals surface area contributed by atoms with Crippen molar-refractivity contribution in [3.63, 3.8) is 0 Å². The molecular weight excluding hydrogens is 206 g/mol. The van der Waals surface area contributed by atoms with Crippen LogP contribution in [0.4, 0.5) is 11.6 Å². The molecule has 1 aromatic rings. The second-order valence-corrected chi connectivity index (χ2v) is 4.05. The molecule has 16 heavy (non-hydrogen) atoms. The van der Waals surface area contributed by atoms with Crippen LogP contribution >= 0.6 is 0 Å². The number of anilines is 2. The maximum absolute atomic E-state index is 5.37. The van der Waals surface area contributed by atoms with E-state index >= 15 is 0 Å². The minimum Gasteiger partial charge on any atom is -0.490 e. The Balaban J connectivity index is 2.23. The van der Waals surface area contributed by atoms with E-state index in [1.165, 1.54) is 19.2 Å². The first kappa shape index (κ1) is 10.9. The predicted octanol–water partition coefficient (Wildman–Crippen LogP) is 0.617. The topological polar surface area (TPSA) is 76.3 Å². The molecule has 3 N–H and O–H groups in total. The van der Waals surface area contributed by atoms with Gasteiger partial charge in [-0.25, -0.2) is 15.8 Å². The molecule has 1 heterocycles. The number of hydrogen-bond donors (Lipinski definition) is 2. The van der Waals surface area contributed by atoms with Gasteiger partial charge in [0.2, 0.25) is 5.75 Å². The van der Waals surface area contributed by atoms with Crippen LogP contribution in [-0.4, -0.2) is 30.7 Å². The number of nitrogens with zero attached hydrogens (tertiary/aromatic N) is 3. The van der Waals surface area contributed by atoms with E-state index in [1.54, 1.807) is 7.11 Å². The van der Waals surface area contributed by atoms with E-state index in [9.17, 15) is 0 Å². The highest BCUT2D eigenvalue weighted by molar-refractivity contribution is 5.64. The molecule has 0 aromatic carbocycles. The van der Waals surface area contributed by atoms with E-state index in [0.29, 0.717) is 11.6 Å². The Morgan fingerprint density at radius 1 is 1.56 bits per heavy atom. The van der Waals surface area contributed by atoms with Crippen LogP contribution in [0.1, 0.15) is 12.8 Å². The van der Waals surface area contributed by atoms with Gasteiger partial charge in [-0.05, 0) is 18.8 Å². The van der Waals surface area contributed by atoms with Crippen molar-refractivity contribution in [2.45, 2.75) is 12.8 Å². The van der Waals surface area contributed by atoms with Gasteiger partial charge in [-0.15, -0.1) is 0 Å². The van der Waals surface area contributed by atoms with Gasteiger partial charge in [0.1, 0.15) is 6.33 Å². The number of rotatable bonds is 5. The standard InChI is InChI=1S/C10H17N5O/c1-15(5-7-3-4-7)10-8(16-2)9(14-11)12-6-13-10/h6-7H,3-5,11H2,1-2H3,(H,12,13,14). The number of hydrogen-bond acceptors (Lipinski definition) is 6. The van der Waals surface area contributed by atoms with E-state index in [4.69, 9.17) is 10.6 Å². The van der Waals surface area contributed by atoms with Crippen molar-refractivity contribution in [1.29, 1.82) is 0 Å². The Kier molecular flexibility index (Phi) is 3.09. The van der Waals surface area contributed by atoms with E-state index in [-0.39, 0.29) is 0 Å². The average molecular weight is 223 g/mol. The number of nitrogen functional groups attached to an aromatic ring is 1. The van der Waals surface area contributed by atoms with Crippen LogP contribution in [0.2, 0.25) is 0 Å². The summed E-state index contributed by atoms with van der Waals surface area (Å²) in [6.45, 7) is 0.997. The average Bonchev–Trinajstić information content (AvgIpc) is 3.11. The molecular formula is C10H17N5O. The fraction of sp³-hybridized carbons (Fsp3) is 0.600. The quantitative estimate of drug-likeness (QED) is 0.563. The molecule has 0 aliphatic heterocycles. The first-order valence-corrected chi connectivity index (χ1v) is 5.33. The first-order chi connectivity index (χ1) is 7.76. The smallest absolute Gasteiger partial charge is 0.205 e. The number of nitrogens with one attached hydrogen (secondary N) is 1. The minimum atomic E-state index is 0.509. The van der Waals surface area contributed by atoms with Crippen molar-refractivity contribution >= 4 is 11.6 Å². The van der Waals surface area contributed by atoms with Gasteiger partial charge in [0.15, 0.2) is 11.6 Å². The highest BCUT2D eigenvalue weighted by atomic mass is 16.5. The molecule has 0 spiro atoms. The maximum atomic E-state index is 5.37. The number of nitrogens with two attached hydrogens (primary N) is 1. The Hall–Kier alpha value is -1.56. The van der Waals surface area contributed by atoms with Crippen LogP contribution in [0.25, 0.3) is 0 Å². The Morgan fingerprint density at radius 3 is 2.88 bits per heavy atom. The van der Waals surface area contributed by atoms with E-state index in [2.05, 4.69) is 20.3 Å². The van der Waals surface area contributed by atoms with Gasteiger partial charge in [0.05, 0.1) is 7.11 Å². The van der Waals surface area contributed by atoms with Crippen LogP contribution in [0, 0.1) is 5.92 Å². The van der Waals surface area contributed by atoms with Crippen molar-refractivity contribution in [1.82, 2.24) is 9.97 Å². The summed E-state index contributed by atoms with van der Waals surface area (Å²) in [5.41, 5.74) is 2.51. The summed E-state index contributed by atoms with van der Waals surface area (Å²) >= 11 is 0.